The van der Waals surface area contributed by atoms with Crippen LogP contribution in [0.3, 0.4) is 0 Å². The Morgan fingerprint density at radius 1 is 1.35 bits per heavy atom. The molecule has 6 heteroatoms. The van der Waals surface area contributed by atoms with Crippen molar-refractivity contribution in [2.24, 2.45) is 0 Å². The Morgan fingerprint density at radius 2 is 2.25 bits per heavy atom. The van der Waals surface area contributed by atoms with E-state index in [1.165, 1.54) is 6.20 Å². The van der Waals surface area contributed by atoms with Gasteiger partial charge in [-0.3, -0.25) is 4.79 Å². The molecule has 0 aliphatic carbocycles. The Morgan fingerprint density at radius 3 is 3.05 bits per heavy atom. The number of nitrogens with zero attached hydrogens (tertiary/aromatic N) is 1. The summed E-state index contributed by atoms with van der Waals surface area (Å²) in [4.78, 5) is 16.3. The molecular formula is C14H12ClN3O2. The molecule has 0 radical (unpaired) electrons. The van der Waals surface area contributed by atoms with E-state index in [0.29, 0.717) is 28.8 Å². The van der Waals surface area contributed by atoms with Crippen molar-refractivity contribution in [3.05, 3.63) is 47.1 Å². The molecule has 1 aliphatic heterocycles. The number of carbonyl (C=O) groups is 1. The van der Waals surface area contributed by atoms with E-state index >= 15 is 0 Å². The second-order valence-electron chi connectivity index (χ2n) is 4.27. The zero-order valence-corrected chi connectivity index (χ0v) is 11.3. The third kappa shape index (κ3) is 2.53. The van der Waals surface area contributed by atoms with Crippen LogP contribution in [0.15, 0.2) is 36.5 Å². The van der Waals surface area contributed by atoms with Crippen molar-refractivity contribution in [3.63, 3.8) is 0 Å². The first-order valence-corrected chi connectivity index (χ1v) is 6.54. The summed E-state index contributed by atoms with van der Waals surface area (Å²) in [5.41, 5.74) is 1.31. The van der Waals surface area contributed by atoms with Crippen LogP contribution in [0.1, 0.15) is 10.4 Å². The van der Waals surface area contributed by atoms with Crippen molar-refractivity contribution in [1.29, 1.82) is 0 Å². The Kier molecular flexibility index (Phi) is 3.43. The molecule has 0 bridgehead atoms. The average Bonchev–Trinajstić information content (AvgIpc) is 2.49. The fraction of sp³-hybridized carbons (Fsp3) is 0.143. The number of aromatic nitrogens is 1. The van der Waals surface area contributed by atoms with Crippen LogP contribution in [0, 0.1) is 0 Å². The van der Waals surface area contributed by atoms with Gasteiger partial charge in [0.1, 0.15) is 12.4 Å². The van der Waals surface area contributed by atoms with E-state index in [2.05, 4.69) is 15.6 Å². The summed E-state index contributed by atoms with van der Waals surface area (Å²) in [6.45, 7) is 1.27. The normalized spacial score (nSPS) is 12.8. The van der Waals surface area contributed by atoms with Gasteiger partial charge in [0, 0.05) is 12.7 Å². The van der Waals surface area contributed by atoms with Crippen LogP contribution in [0.4, 0.5) is 11.5 Å². The molecule has 102 valence electrons. The van der Waals surface area contributed by atoms with Crippen LogP contribution >= 0.6 is 11.6 Å². The number of rotatable bonds is 2. The van der Waals surface area contributed by atoms with Gasteiger partial charge in [0.15, 0.2) is 5.75 Å². The quantitative estimate of drug-likeness (QED) is 0.892. The number of pyridine rings is 1. The van der Waals surface area contributed by atoms with Crippen molar-refractivity contribution in [1.82, 2.24) is 4.98 Å². The first-order valence-electron chi connectivity index (χ1n) is 6.16. The van der Waals surface area contributed by atoms with Gasteiger partial charge < -0.3 is 15.4 Å². The number of carbonyl (C=O) groups excluding carboxylic acids is 1. The lowest BCUT2D eigenvalue weighted by molar-refractivity contribution is 0.102. The van der Waals surface area contributed by atoms with Crippen molar-refractivity contribution in [2.75, 3.05) is 23.8 Å². The number of para-hydroxylation sites is 1. The second kappa shape index (κ2) is 5.38. The zero-order chi connectivity index (χ0) is 13.9. The predicted octanol–water partition coefficient (Wildman–Crippen LogP) is 2.79. The van der Waals surface area contributed by atoms with Crippen LogP contribution in [-0.2, 0) is 0 Å². The van der Waals surface area contributed by atoms with Gasteiger partial charge in [-0.05, 0) is 24.3 Å². The highest BCUT2D eigenvalue weighted by Gasteiger charge is 2.19. The van der Waals surface area contributed by atoms with Crippen LogP contribution < -0.4 is 15.4 Å². The molecule has 0 atom stereocenters. The molecule has 0 fully saturated rings. The fourth-order valence-electron chi connectivity index (χ4n) is 1.98. The van der Waals surface area contributed by atoms with Crippen molar-refractivity contribution < 1.29 is 9.53 Å². The molecule has 0 saturated carbocycles. The lowest BCUT2D eigenvalue weighted by Crippen LogP contribution is -2.22. The monoisotopic (exact) mass is 289 g/mol. The summed E-state index contributed by atoms with van der Waals surface area (Å²) in [5, 5.41) is 6.43. The minimum Gasteiger partial charge on any atom is -0.489 e. The van der Waals surface area contributed by atoms with Crippen molar-refractivity contribution >= 4 is 29.0 Å². The van der Waals surface area contributed by atoms with E-state index in [1.807, 2.05) is 12.1 Å². The van der Waals surface area contributed by atoms with E-state index in [4.69, 9.17) is 16.3 Å². The fourth-order valence-corrected chi connectivity index (χ4v) is 2.09. The molecular weight excluding hydrogens is 278 g/mol. The smallest absolute Gasteiger partial charge is 0.260 e. The molecule has 1 aromatic carbocycles. The maximum absolute atomic E-state index is 12.3. The van der Waals surface area contributed by atoms with Gasteiger partial charge >= 0.3 is 0 Å². The highest BCUT2D eigenvalue weighted by Crippen LogP contribution is 2.31. The molecule has 5 nitrogen and oxygen atoms in total. The zero-order valence-electron chi connectivity index (χ0n) is 10.5. The van der Waals surface area contributed by atoms with E-state index in [-0.39, 0.29) is 5.91 Å². The second-order valence-corrected chi connectivity index (χ2v) is 4.71. The molecule has 20 heavy (non-hydrogen) atoms. The Labute approximate surface area is 120 Å². The van der Waals surface area contributed by atoms with Gasteiger partial charge in [0.2, 0.25) is 0 Å². The number of nitrogens with one attached hydrogen (secondary N) is 2. The first-order chi connectivity index (χ1) is 9.74. The molecule has 0 saturated heterocycles. The molecule has 2 heterocycles. The highest BCUT2D eigenvalue weighted by atomic mass is 35.5. The third-order valence-corrected chi connectivity index (χ3v) is 3.12. The first kappa shape index (κ1) is 12.7. The number of hydrogen-bond donors (Lipinski definition) is 2. The number of amides is 1. The third-order valence-electron chi connectivity index (χ3n) is 2.89. The van der Waals surface area contributed by atoms with Crippen molar-refractivity contribution in [2.45, 2.75) is 0 Å². The lowest BCUT2D eigenvalue weighted by atomic mass is 10.1. The van der Waals surface area contributed by atoms with Crippen molar-refractivity contribution in [3.8, 4) is 5.75 Å². The van der Waals surface area contributed by atoms with Gasteiger partial charge in [-0.15, -0.1) is 0 Å². The topological polar surface area (TPSA) is 63.2 Å². The number of benzene rings is 1. The van der Waals surface area contributed by atoms with Gasteiger partial charge in [0.25, 0.3) is 5.91 Å². The van der Waals surface area contributed by atoms with E-state index in [1.54, 1.807) is 18.2 Å². The number of anilines is 2. The molecule has 1 aromatic heterocycles. The summed E-state index contributed by atoms with van der Waals surface area (Å²) in [6, 6.07) is 8.73. The maximum Gasteiger partial charge on any atom is 0.260 e. The van der Waals surface area contributed by atoms with Gasteiger partial charge in [-0.2, -0.15) is 0 Å². The molecule has 1 aliphatic rings. The number of ether oxygens (including phenoxy) is 1. The molecule has 0 spiro atoms. The standard InChI is InChI=1S/C14H12ClN3O2/c15-9-4-5-12(17-8-9)18-14(19)10-2-1-3-11-13(10)20-7-6-16-11/h1-5,8,16H,6-7H2,(H,17,18,19). The predicted molar refractivity (Wildman–Crippen MR) is 77.6 cm³/mol. The largest absolute Gasteiger partial charge is 0.489 e. The summed E-state index contributed by atoms with van der Waals surface area (Å²) >= 11 is 5.76. The molecule has 0 unspecified atom stereocenters. The van der Waals surface area contributed by atoms with Gasteiger partial charge in [-0.1, -0.05) is 17.7 Å². The Balaban J connectivity index is 1.85. The summed E-state index contributed by atoms with van der Waals surface area (Å²) < 4.78 is 5.57. The van der Waals surface area contributed by atoms with E-state index in [0.717, 1.165) is 12.2 Å². The number of halogens is 1. The Hall–Kier alpha value is -2.27. The van der Waals surface area contributed by atoms with Gasteiger partial charge in [-0.25, -0.2) is 4.98 Å². The molecule has 3 rings (SSSR count). The van der Waals surface area contributed by atoms with Crippen LogP contribution in [0.2, 0.25) is 5.02 Å². The lowest BCUT2D eigenvalue weighted by Gasteiger charge is -2.21. The van der Waals surface area contributed by atoms with Gasteiger partial charge in [0.05, 0.1) is 16.3 Å². The highest BCUT2D eigenvalue weighted by molar-refractivity contribution is 6.30. The van der Waals surface area contributed by atoms with Crippen LogP contribution in [0.25, 0.3) is 0 Å². The minimum atomic E-state index is -0.264. The molecule has 2 aromatic rings. The summed E-state index contributed by atoms with van der Waals surface area (Å²) in [7, 11) is 0. The maximum atomic E-state index is 12.3. The molecule has 2 N–H and O–H groups in total. The Bertz CT molecular complexity index is 643. The average molecular weight is 290 g/mol. The number of hydrogen-bond acceptors (Lipinski definition) is 4. The summed E-state index contributed by atoms with van der Waals surface area (Å²) in [6.07, 6.45) is 1.48. The molecule has 1 amide bonds. The SMILES string of the molecule is O=C(Nc1ccc(Cl)cn1)c1cccc2c1OCCN2. The van der Waals surface area contributed by atoms with Crippen LogP contribution in [0.5, 0.6) is 5.75 Å². The van der Waals surface area contributed by atoms with E-state index in [9.17, 15) is 4.79 Å². The van der Waals surface area contributed by atoms with E-state index < -0.39 is 0 Å². The minimum absolute atomic E-state index is 0.264. The summed E-state index contributed by atoms with van der Waals surface area (Å²) in [5.74, 6) is 0.756. The number of fused-ring (bicyclic) bond motifs is 1. The van der Waals surface area contributed by atoms with Crippen LogP contribution in [-0.4, -0.2) is 24.0 Å².